The molecular formula is C15H7F5O4. The van der Waals surface area contributed by atoms with E-state index in [0.29, 0.717) is 6.29 Å². The van der Waals surface area contributed by atoms with Gasteiger partial charge in [-0.2, -0.15) is 8.78 Å². The molecule has 126 valence electrons. The van der Waals surface area contributed by atoms with E-state index in [1.165, 1.54) is 24.3 Å². The maximum absolute atomic E-state index is 13.4. The summed E-state index contributed by atoms with van der Waals surface area (Å²) in [4.78, 5) is 22.2. The van der Waals surface area contributed by atoms with Gasteiger partial charge in [0, 0.05) is 0 Å². The SMILES string of the molecule is O=Cc1ccccc1OCC(=O)Oc1c(F)c(F)c(F)c(F)c1F. The van der Waals surface area contributed by atoms with Gasteiger partial charge in [-0.3, -0.25) is 4.79 Å². The van der Waals surface area contributed by atoms with Crippen molar-refractivity contribution >= 4 is 12.3 Å². The lowest BCUT2D eigenvalue weighted by atomic mass is 10.2. The average molecular weight is 346 g/mol. The molecule has 0 aliphatic heterocycles. The van der Waals surface area contributed by atoms with Crippen molar-refractivity contribution in [1.29, 1.82) is 0 Å². The number of carbonyl (C=O) groups excluding carboxylic acids is 2. The van der Waals surface area contributed by atoms with Crippen LogP contribution in [0.15, 0.2) is 24.3 Å². The molecule has 0 aromatic heterocycles. The fourth-order valence-corrected chi connectivity index (χ4v) is 1.66. The van der Waals surface area contributed by atoms with Crippen molar-refractivity contribution in [3.05, 3.63) is 58.9 Å². The summed E-state index contributed by atoms with van der Waals surface area (Å²) in [6.45, 7) is -0.926. The molecule has 0 saturated heterocycles. The Labute approximate surface area is 131 Å². The van der Waals surface area contributed by atoms with Crippen molar-refractivity contribution in [3.63, 3.8) is 0 Å². The Morgan fingerprint density at radius 3 is 2.04 bits per heavy atom. The van der Waals surface area contributed by atoms with Gasteiger partial charge in [-0.05, 0) is 12.1 Å². The van der Waals surface area contributed by atoms with Gasteiger partial charge in [-0.25, -0.2) is 18.0 Å². The molecule has 0 N–H and O–H groups in total. The van der Waals surface area contributed by atoms with Gasteiger partial charge in [-0.1, -0.05) is 12.1 Å². The Balaban J connectivity index is 2.15. The molecule has 9 heteroatoms. The number of halogens is 5. The summed E-state index contributed by atoms with van der Waals surface area (Å²) in [5, 5.41) is 0. The third-order valence-corrected chi connectivity index (χ3v) is 2.78. The quantitative estimate of drug-likeness (QED) is 0.208. The highest BCUT2D eigenvalue weighted by Crippen LogP contribution is 2.29. The van der Waals surface area contributed by atoms with E-state index in [1.54, 1.807) is 0 Å². The molecule has 0 amide bonds. The monoisotopic (exact) mass is 346 g/mol. The number of esters is 1. The molecule has 0 unspecified atom stereocenters. The normalized spacial score (nSPS) is 10.4. The third-order valence-electron chi connectivity index (χ3n) is 2.78. The second-order valence-electron chi connectivity index (χ2n) is 4.32. The van der Waals surface area contributed by atoms with E-state index in [-0.39, 0.29) is 11.3 Å². The summed E-state index contributed by atoms with van der Waals surface area (Å²) >= 11 is 0. The van der Waals surface area contributed by atoms with Crippen LogP contribution in [0.4, 0.5) is 22.0 Å². The van der Waals surface area contributed by atoms with Gasteiger partial charge >= 0.3 is 5.97 Å². The molecule has 0 aliphatic carbocycles. The Morgan fingerprint density at radius 1 is 0.917 bits per heavy atom. The van der Waals surface area contributed by atoms with Gasteiger partial charge < -0.3 is 9.47 Å². The first-order chi connectivity index (χ1) is 11.4. The lowest BCUT2D eigenvalue weighted by Crippen LogP contribution is -2.20. The summed E-state index contributed by atoms with van der Waals surface area (Å²) in [6, 6.07) is 5.70. The Kier molecular flexibility index (Phi) is 5.12. The van der Waals surface area contributed by atoms with E-state index in [1.807, 2.05) is 0 Å². The van der Waals surface area contributed by atoms with Gasteiger partial charge in [0.05, 0.1) is 5.56 Å². The number of carbonyl (C=O) groups is 2. The van der Waals surface area contributed by atoms with Gasteiger partial charge in [0.25, 0.3) is 0 Å². The number of ether oxygens (including phenoxy) is 2. The number of hydrogen-bond acceptors (Lipinski definition) is 4. The molecular weight excluding hydrogens is 339 g/mol. The predicted octanol–water partition coefficient (Wildman–Crippen LogP) is 3.18. The van der Waals surface area contributed by atoms with E-state index in [4.69, 9.17) is 4.74 Å². The largest absolute Gasteiger partial charge is 0.481 e. The topological polar surface area (TPSA) is 52.6 Å². The number of rotatable bonds is 5. The van der Waals surface area contributed by atoms with Crippen LogP contribution in [0.2, 0.25) is 0 Å². The molecule has 0 aliphatic rings. The maximum Gasteiger partial charge on any atom is 0.349 e. The van der Waals surface area contributed by atoms with Crippen molar-refractivity contribution < 1.29 is 41.0 Å². The average Bonchev–Trinajstić information content (AvgIpc) is 2.60. The molecule has 0 fully saturated rings. The zero-order valence-electron chi connectivity index (χ0n) is 11.6. The minimum Gasteiger partial charge on any atom is -0.481 e. The van der Waals surface area contributed by atoms with Crippen molar-refractivity contribution in [2.75, 3.05) is 6.61 Å². The summed E-state index contributed by atoms with van der Waals surface area (Å²) in [5.41, 5.74) is 0.0848. The standard InChI is InChI=1S/C15H7F5O4/c16-10-11(17)13(19)15(14(20)12(10)18)24-9(22)6-23-8-4-2-1-3-7(8)5-21/h1-5H,6H2. The van der Waals surface area contributed by atoms with Gasteiger partial charge in [0.15, 0.2) is 12.9 Å². The molecule has 0 heterocycles. The highest BCUT2D eigenvalue weighted by molar-refractivity contribution is 5.80. The molecule has 0 radical (unpaired) electrons. The zero-order valence-corrected chi connectivity index (χ0v) is 11.6. The van der Waals surface area contributed by atoms with Gasteiger partial charge in [-0.15, -0.1) is 0 Å². The fraction of sp³-hybridized carbons (Fsp3) is 0.0667. The van der Waals surface area contributed by atoms with E-state index >= 15 is 0 Å². The molecule has 0 bridgehead atoms. The molecule has 2 aromatic rings. The van der Waals surface area contributed by atoms with Crippen LogP contribution in [0.25, 0.3) is 0 Å². The lowest BCUT2D eigenvalue weighted by Gasteiger charge is -2.10. The highest BCUT2D eigenvalue weighted by Gasteiger charge is 2.28. The van der Waals surface area contributed by atoms with Crippen LogP contribution < -0.4 is 9.47 Å². The van der Waals surface area contributed by atoms with Crippen LogP contribution in [-0.4, -0.2) is 18.9 Å². The van der Waals surface area contributed by atoms with Gasteiger partial charge in [0.1, 0.15) is 5.75 Å². The number of benzene rings is 2. The Hall–Kier alpha value is -2.97. The summed E-state index contributed by atoms with van der Waals surface area (Å²) < 4.78 is 74.6. The molecule has 24 heavy (non-hydrogen) atoms. The fourth-order valence-electron chi connectivity index (χ4n) is 1.66. The summed E-state index contributed by atoms with van der Waals surface area (Å²) in [7, 11) is 0. The predicted molar refractivity (Wildman–Crippen MR) is 69.2 cm³/mol. The molecule has 2 rings (SSSR count). The van der Waals surface area contributed by atoms with Crippen molar-refractivity contribution in [1.82, 2.24) is 0 Å². The summed E-state index contributed by atoms with van der Waals surface area (Å²) in [6.07, 6.45) is 0.435. The second kappa shape index (κ2) is 7.07. The first kappa shape index (κ1) is 17.4. The third kappa shape index (κ3) is 3.34. The maximum atomic E-state index is 13.4. The number of aldehydes is 1. The smallest absolute Gasteiger partial charge is 0.349 e. The zero-order chi connectivity index (χ0) is 17.9. The molecule has 4 nitrogen and oxygen atoms in total. The molecule has 0 atom stereocenters. The molecule has 2 aromatic carbocycles. The van der Waals surface area contributed by atoms with Crippen LogP contribution in [0.1, 0.15) is 10.4 Å². The van der Waals surface area contributed by atoms with Gasteiger partial charge in [0.2, 0.25) is 34.8 Å². The minimum absolute atomic E-state index is 0.0261. The lowest BCUT2D eigenvalue weighted by molar-refractivity contribution is -0.137. The second-order valence-corrected chi connectivity index (χ2v) is 4.32. The van der Waals surface area contributed by atoms with Crippen LogP contribution in [0, 0.1) is 29.1 Å². The van der Waals surface area contributed by atoms with E-state index in [2.05, 4.69) is 4.74 Å². The van der Waals surface area contributed by atoms with Crippen LogP contribution >= 0.6 is 0 Å². The minimum atomic E-state index is -2.37. The van der Waals surface area contributed by atoms with Crippen molar-refractivity contribution in [2.24, 2.45) is 0 Å². The first-order valence-electron chi connectivity index (χ1n) is 6.26. The van der Waals surface area contributed by atoms with E-state index in [0.717, 1.165) is 0 Å². The van der Waals surface area contributed by atoms with Crippen LogP contribution in [0.3, 0.4) is 0 Å². The van der Waals surface area contributed by atoms with Crippen molar-refractivity contribution in [2.45, 2.75) is 0 Å². The Bertz CT molecular complexity index is 778. The highest BCUT2D eigenvalue weighted by atomic mass is 19.2. The number of para-hydroxylation sites is 1. The van der Waals surface area contributed by atoms with E-state index in [9.17, 15) is 31.5 Å². The van der Waals surface area contributed by atoms with Crippen LogP contribution in [-0.2, 0) is 4.79 Å². The number of hydrogen-bond donors (Lipinski definition) is 0. The van der Waals surface area contributed by atoms with E-state index < -0.39 is 47.4 Å². The van der Waals surface area contributed by atoms with Crippen molar-refractivity contribution in [3.8, 4) is 11.5 Å². The Morgan fingerprint density at radius 2 is 1.46 bits per heavy atom. The first-order valence-corrected chi connectivity index (χ1v) is 6.26. The van der Waals surface area contributed by atoms with Crippen LogP contribution in [0.5, 0.6) is 11.5 Å². The molecule has 0 saturated carbocycles. The summed E-state index contributed by atoms with van der Waals surface area (Å²) in [5.74, 6) is -14.6. The molecule has 0 spiro atoms.